The molecule has 0 spiro atoms. The minimum absolute atomic E-state index is 0.00964. The summed E-state index contributed by atoms with van der Waals surface area (Å²) in [5.41, 5.74) is 0.194. The Labute approximate surface area is 189 Å². The van der Waals surface area contributed by atoms with E-state index in [1.54, 1.807) is 24.3 Å². The second kappa shape index (κ2) is 9.74. The third-order valence-corrected chi connectivity index (χ3v) is 5.41. The van der Waals surface area contributed by atoms with Crippen LogP contribution in [0.5, 0.6) is 0 Å². The summed E-state index contributed by atoms with van der Waals surface area (Å²) in [5, 5.41) is 9.12. The molecule has 1 unspecified atom stereocenters. The molecule has 3 rings (SSSR count). The van der Waals surface area contributed by atoms with Gasteiger partial charge in [-0.05, 0) is 36.2 Å². The molecule has 1 heterocycles. The molecule has 0 fully saturated rings. The lowest BCUT2D eigenvalue weighted by atomic mass is 9.81. The number of carbonyl (C=O) groups is 2. The van der Waals surface area contributed by atoms with Gasteiger partial charge in [0.1, 0.15) is 6.61 Å². The van der Waals surface area contributed by atoms with Gasteiger partial charge in [0.25, 0.3) is 0 Å². The van der Waals surface area contributed by atoms with Gasteiger partial charge in [0.2, 0.25) is 5.91 Å². The smallest absolute Gasteiger partial charge is 0.416 e. The lowest BCUT2D eigenvalue weighted by Gasteiger charge is -2.35. The van der Waals surface area contributed by atoms with Crippen LogP contribution in [0.2, 0.25) is 0 Å². The van der Waals surface area contributed by atoms with Crippen LogP contribution in [-0.4, -0.2) is 23.4 Å². The van der Waals surface area contributed by atoms with Gasteiger partial charge < -0.3 is 9.64 Å². The lowest BCUT2D eigenvalue weighted by Crippen LogP contribution is -2.38. The van der Waals surface area contributed by atoms with Gasteiger partial charge in [0.15, 0.2) is 0 Å². The Hall–Kier alpha value is -3.86. The van der Waals surface area contributed by atoms with Gasteiger partial charge in [-0.2, -0.15) is 18.4 Å². The van der Waals surface area contributed by atoms with Crippen LogP contribution in [0.4, 0.5) is 13.2 Å². The molecule has 1 amide bonds. The number of allylic oxidation sites excluding steroid dienone is 1. The minimum atomic E-state index is -4.65. The van der Waals surface area contributed by atoms with E-state index in [0.29, 0.717) is 11.1 Å². The number of carbonyl (C=O) groups excluding carboxylic acids is 2. The zero-order valence-electron chi connectivity index (χ0n) is 17.9. The summed E-state index contributed by atoms with van der Waals surface area (Å²) in [4.78, 5) is 27.3. The van der Waals surface area contributed by atoms with Crippen LogP contribution in [0.3, 0.4) is 0 Å². The number of rotatable bonds is 6. The van der Waals surface area contributed by atoms with Gasteiger partial charge in [-0.3, -0.25) is 4.79 Å². The van der Waals surface area contributed by atoms with E-state index in [9.17, 15) is 22.8 Å². The van der Waals surface area contributed by atoms with Crippen molar-refractivity contribution in [2.75, 3.05) is 6.61 Å². The molecule has 1 aliphatic heterocycles. The maximum absolute atomic E-state index is 13.7. The molecule has 8 heteroatoms. The molecule has 0 radical (unpaired) electrons. The molecule has 0 aliphatic carbocycles. The molecule has 5 nitrogen and oxygen atoms in total. The fraction of sp³-hybridized carbons (Fsp3) is 0.240. The van der Waals surface area contributed by atoms with Crippen molar-refractivity contribution in [2.45, 2.75) is 32.0 Å². The highest BCUT2D eigenvalue weighted by Crippen LogP contribution is 2.43. The number of alkyl halides is 3. The Morgan fingerprint density at radius 2 is 2.00 bits per heavy atom. The number of nitrogens with zero attached hydrogens (tertiary/aromatic N) is 2. The second-order valence-corrected chi connectivity index (χ2v) is 7.52. The third kappa shape index (κ3) is 5.14. The molecule has 33 heavy (non-hydrogen) atoms. The first kappa shape index (κ1) is 23.8. The Morgan fingerprint density at radius 1 is 1.27 bits per heavy atom. The van der Waals surface area contributed by atoms with Crippen LogP contribution in [0.15, 0.2) is 72.5 Å². The van der Waals surface area contributed by atoms with Crippen LogP contribution >= 0.6 is 0 Å². The summed E-state index contributed by atoms with van der Waals surface area (Å²) in [6, 6.07) is 13.6. The van der Waals surface area contributed by atoms with Gasteiger partial charge >= 0.3 is 12.1 Å². The first-order valence-corrected chi connectivity index (χ1v) is 10.1. The van der Waals surface area contributed by atoms with E-state index in [-0.39, 0.29) is 36.4 Å². The highest BCUT2D eigenvalue weighted by atomic mass is 19.4. The van der Waals surface area contributed by atoms with Crippen molar-refractivity contribution in [1.29, 1.82) is 5.26 Å². The molecule has 0 aromatic heterocycles. The fourth-order valence-electron chi connectivity index (χ4n) is 3.93. The molecule has 0 saturated carbocycles. The number of ether oxygens (including phenoxy) is 1. The van der Waals surface area contributed by atoms with Crippen molar-refractivity contribution < 1.29 is 27.5 Å². The largest absolute Gasteiger partial charge is 0.458 e. The van der Waals surface area contributed by atoms with Gasteiger partial charge in [0, 0.05) is 18.0 Å². The molecular weight excluding hydrogens is 433 g/mol. The van der Waals surface area contributed by atoms with Crippen LogP contribution in [0.1, 0.15) is 41.5 Å². The van der Waals surface area contributed by atoms with E-state index in [4.69, 9.17) is 10.00 Å². The van der Waals surface area contributed by atoms with Gasteiger partial charge in [0.05, 0.1) is 29.3 Å². The average Bonchev–Trinajstić information content (AvgIpc) is 2.79. The minimum Gasteiger partial charge on any atom is -0.458 e. The number of benzene rings is 2. The summed E-state index contributed by atoms with van der Waals surface area (Å²) in [6.45, 7) is 4.94. The SMILES string of the molecule is C=CCOC(=O)C1=C(C)N(Cc2cccc(C#N)c2)C(=O)CC1c1ccccc1C(F)(F)F. The lowest BCUT2D eigenvalue weighted by molar-refractivity contribution is -0.142. The first-order chi connectivity index (χ1) is 15.7. The fourth-order valence-corrected chi connectivity index (χ4v) is 3.93. The Kier molecular flexibility index (Phi) is 7.02. The van der Waals surface area contributed by atoms with Gasteiger partial charge in [-0.1, -0.05) is 43.0 Å². The number of nitriles is 1. The predicted molar refractivity (Wildman–Crippen MR) is 114 cm³/mol. The topological polar surface area (TPSA) is 70.4 Å². The van der Waals surface area contributed by atoms with E-state index in [1.807, 2.05) is 6.07 Å². The average molecular weight is 454 g/mol. The standard InChI is InChI=1S/C25H21F3N2O3/c1-3-11-33-24(32)23-16(2)30(15-18-8-6-7-17(12-18)14-29)22(31)13-20(23)19-9-4-5-10-21(19)25(26,27)28/h3-10,12,20H,1,11,13,15H2,2H3. The Bertz CT molecular complexity index is 1160. The predicted octanol–water partition coefficient (Wildman–Crippen LogP) is 5.10. The highest BCUT2D eigenvalue weighted by molar-refractivity contribution is 5.96. The highest BCUT2D eigenvalue weighted by Gasteiger charge is 2.42. The number of amides is 1. The quantitative estimate of drug-likeness (QED) is 0.450. The Morgan fingerprint density at radius 3 is 2.67 bits per heavy atom. The van der Waals surface area contributed by atoms with Crippen molar-refractivity contribution in [1.82, 2.24) is 4.90 Å². The van der Waals surface area contributed by atoms with Crippen molar-refractivity contribution in [3.63, 3.8) is 0 Å². The first-order valence-electron chi connectivity index (χ1n) is 10.1. The van der Waals surface area contributed by atoms with E-state index in [1.165, 1.54) is 36.1 Å². The molecular formula is C25H21F3N2O3. The normalized spacial score (nSPS) is 16.4. The van der Waals surface area contributed by atoms with Crippen molar-refractivity contribution in [2.24, 2.45) is 0 Å². The van der Waals surface area contributed by atoms with Gasteiger partial charge in [-0.15, -0.1) is 0 Å². The number of hydrogen-bond donors (Lipinski definition) is 0. The van der Waals surface area contributed by atoms with Crippen LogP contribution < -0.4 is 0 Å². The van der Waals surface area contributed by atoms with E-state index in [0.717, 1.165) is 6.07 Å². The maximum Gasteiger partial charge on any atom is 0.416 e. The molecule has 0 N–H and O–H groups in total. The molecule has 1 aliphatic rings. The molecule has 170 valence electrons. The zero-order chi connectivity index (χ0) is 24.2. The monoisotopic (exact) mass is 454 g/mol. The van der Waals surface area contributed by atoms with E-state index in [2.05, 4.69) is 6.58 Å². The van der Waals surface area contributed by atoms with E-state index < -0.39 is 29.5 Å². The molecule has 0 bridgehead atoms. The number of hydrogen-bond acceptors (Lipinski definition) is 4. The van der Waals surface area contributed by atoms with Crippen molar-refractivity contribution in [3.05, 3.63) is 94.7 Å². The summed E-state index contributed by atoms with van der Waals surface area (Å²) in [6.07, 6.45) is -3.63. The van der Waals surface area contributed by atoms with Crippen molar-refractivity contribution >= 4 is 11.9 Å². The maximum atomic E-state index is 13.7. The van der Waals surface area contributed by atoms with Crippen LogP contribution in [0, 0.1) is 11.3 Å². The summed E-state index contributed by atoms with van der Waals surface area (Å²) >= 11 is 0. The van der Waals surface area contributed by atoms with Gasteiger partial charge in [-0.25, -0.2) is 4.79 Å². The van der Waals surface area contributed by atoms with Crippen LogP contribution in [-0.2, 0) is 27.0 Å². The van der Waals surface area contributed by atoms with Crippen LogP contribution in [0.25, 0.3) is 0 Å². The number of esters is 1. The summed E-state index contributed by atoms with van der Waals surface area (Å²) in [5.74, 6) is -2.36. The molecule has 0 saturated heterocycles. The second-order valence-electron chi connectivity index (χ2n) is 7.52. The van der Waals surface area contributed by atoms with Crippen molar-refractivity contribution in [3.8, 4) is 6.07 Å². The Balaban J connectivity index is 2.11. The molecule has 1 atom stereocenters. The van der Waals surface area contributed by atoms with E-state index >= 15 is 0 Å². The summed E-state index contributed by atoms with van der Waals surface area (Å²) < 4.78 is 46.3. The zero-order valence-corrected chi connectivity index (χ0v) is 17.9. The molecule has 2 aromatic rings. The number of halogens is 3. The third-order valence-electron chi connectivity index (χ3n) is 5.41. The summed E-state index contributed by atoms with van der Waals surface area (Å²) in [7, 11) is 0. The molecule has 2 aromatic carbocycles.